The molecule has 2 aromatic carbocycles. The van der Waals surface area contributed by atoms with Gasteiger partial charge < -0.3 is 20.3 Å². The van der Waals surface area contributed by atoms with E-state index in [4.69, 9.17) is 27.9 Å². The van der Waals surface area contributed by atoms with E-state index in [2.05, 4.69) is 5.32 Å². The number of carbonyl (C=O) groups is 1. The van der Waals surface area contributed by atoms with E-state index in [1.165, 1.54) is 18.2 Å². The van der Waals surface area contributed by atoms with Gasteiger partial charge in [0.15, 0.2) is 11.5 Å². The number of ether oxygens (including phenoxy) is 1. The van der Waals surface area contributed by atoms with Crippen LogP contribution >= 0.6 is 23.2 Å². The summed E-state index contributed by atoms with van der Waals surface area (Å²) in [7, 11) is 0. The maximum atomic E-state index is 11.7. The summed E-state index contributed by atoms with van der Waals surface area (Å²) in [5, 5.41) is 22.2. The quantitative estimate of drug-likeness (QED) is 0.384. The van der Waals surface area contributed by atoms with Crippen molar-refractivity contribution in [3.8, 4) is 17.2 Å². The predicted octanol–water partition coefficient (Wildman–Crippen LogP) is 4.00. The zero-order valence-corrected chi connectivity index (χ0v) is 14.7. The maximum Gasteiger partial charge on any atom is 0.244 e. The molecule has 0 fully saturated rings. The molecule has 0 spiro atoms. The maximum absolute atomic E-state index is 11.7. The van der Waals surface area contributed by atoms with Crippen LogP contribution in [-0.2, 0) is 4.79 Å². The lowest BCUT2D eigenvalue weighted by Crippen LogP contribution is -2.23. The van der Waals surface area contributed by atoms with Gasteiger partial charge >= 0.3 is 0 Å². The average molecular weight is 382 g/mol. The molecule has 0 aromatic heterocycles. The fourth-order valence-electron chi connectivity index (χ4n) is 1.92. The van der Waals surface area contributed by atoms with Crippen LogP contribution in [0.4, 0.5) is 0 Å². The van der Waals surface area contributed by atoms with Crippen molar-refractivity contribution in [3.05, 3.63) is 58.1 Å². The monoisotopic (exact) mass is 381 g/mol. The highest BCUT2D eigenvalue weighted by Gasteiger charge is 2.01. The van der Waals surface area contributed by atoms with E-state index >= 15 is 0 Å². The highest BCUT2D eigenvalue weighted by Crippen LogP contribution is 2.26. The zero-order chi connectivity index (χ0) is 18.2. The fourth-order valence-corrected chi connectivity index (χ4v) is 2.20. The van der Waals surface area contributed by atoms with E-state index in [9.17, 15) is 15.0 Å². The third kappa shape index (κ3) is 6.21. The van der Waals surface area contributed by atoms with Gasteiger partial charge in [-0.1, -0.05) is 29.3 Å². The summed E-state index contributed by atoms with van der Waals surface area (Å²) in [6, 6.07) is 9.33. The lowest BCUT2D eigenvalue weighted by atomic mass is 10.2. The Hall–Kier alpha value is -2.37. The van der Waals surface area contributed by atoms with Crippen molar-refractivity contribution < 1.29 is 19.7 Å². The normalized spacial score (nSPS) is 10.8. The van der Waals surface area contributed by atoms with Gasteiger partial charge in [0, 0.05) is 18.7 Å². The highest BCUT2D eigenvalue weighted by molar-refractivity contribution is 6.42. The second kappa shape index (κ2) is 9.20. The summed E-state index contributed by atoms with van der Waals surface area (Å²) in [5.41, 5.74) is 0.605. The molecule has 3 N–H and O–H groups in total. The molecule has 1 amide bonds. The third-order valence-electron chi connectivity index (χ3n) is 3.21. The van der Waals surface area contributed by atoms with Crippen molar-refractivity contribution in [3.63, 3.8) is 0 Å². The Labute approximate surface area is 155 Å². The van der Waals surface area contributed by atoms with Gasteiger partial charge in [0.25, 0.3) is 0 Å². The molecule has 2 aromatic rings. The van der Waals surface area contributed by atoms with Gasteiger partial charge in [-0.2, -0.15) is 0 Å². The average Bonchev–Trinajstić information content (AvgIpc) is 2.58. The van der Waals surface area contributed by atoms with E-state index in [0.29, 0.717) is 40.9 Å². The Kier molecular flexibility index (Phi) is 6.98. The van der Waals surface area contributed by atoms with E-state index in [-0.39, 0.29) is 17.4 Å². The number of benzene rings is 2. The van der Waals surface area contributed by atoms with Crippen molar-refractivity contribution in [1.82, 2.24) is 5.32 Å². The van der Waals surface area contributed by atoms with Crippen molar-refractivity contribution in [2.45, 2.75) is 6.42 Å². The van der Waals surface area contributed by atoms with Gasteiger partial charge in [0.1, 0.15) is 5.75 Å². The number of amides is 1. The van der Waals surface area contributed by atoms with E-state index in [1.807, 2.05) is 0 Å². The molecule has 25 heavy (non-hydrogen) atoms. The van der Waals surface area contributed by atoms with Gasteiger partial charge in [-0.15, -0.1) is 0 Å². The first-order valence-corrected chi connectivity index (χ1v) is 8.27. The molecular formula is C18H17Cl2NO4. The lowest BCUT2D eigenvalue weighted by Gasteiger charge is -2.07. The van der Waals surface area contributed by atoms with Crippen LogP contribution in [0.25, 0.3) is 6.08 Å². The first-order chi connectivity index (χ1) is 12.0. The lowest BCUT2D eigenvalue weighted by molar-refractivity contribution is -0.116. The van der Waals surface area contributed by atoms with E-state index < -0.39 is 0 Å². The van der Waals surface area contributed by atoms with Crippen LogP contribution in [0.5, 0.6) is 17.2 Å². The van der Waals surface area contributed by atoms with Crippen molar-refractivity contribution in [1.29, 1.82) is 0 Å². The Bertz CT molecular complexity index is 778. The number of nitrogens with one attached hydrogen (secondary N) is 1. The number of aromatic hydroxyl groups is 2. The molecule has 5 nitrogen and oxygen atoms in total. The number of carbonyl (C=O) groups excluding carboxylic acids is 1. The van der Waals surface area contributed by atoms with Crippen molar-refractivity contribution in [2.75, 3.05) is 13.2 Å². The third-order valence-corrected chi connectivity index (χ3v) is 3.95. The number of rotatable bonds is 7. The van der Waals surface area contributed by atoms with Gasteiger partial charge in [-0.25, -0.2) is 0 Å². The van der Waals surface area contributed by atoms with Gasteiger partial charge in [-0.05, 0) is 42.3 Å². The second-order valence-electron chi connectivity index (χ2n) is 5.15. The molecule has 0 saturated heterocycles. The number of halogens is 2. The van der Waals surface area contributed by atoms with Gasteiger partial charge in [0.05, 0.1) is 16.7 Å². The van der Waals surface area contributed by atoms with Crippen LogP contribution in [0, 0.1) is 0 Å². The van der Waals surface area contributed by atoms with Crippen LogP contribution in [0.3, 0.4) is 0 Å². The van der Waals surface area contributed by atoms with Crippen LogP contribution < -0.4 is 10.1 Å². The second-order valence-corrected chi connectivity index (χ2v) is 5.96. The molecular weight excluding hydrogens is 365 g/mol. The topological polar surface area (TPSA) is 78.8 Å². The molecule has 2 rings (SSSR count). The summed E-state index contributed by atoms with van der Waals surface area (Å²) in [4.78, 5) is 11.7. The summed E-state index contributed by atoms with van der Waals surface area (Å²) in [5.74, 6) is -0.0829. The first kappa shape index (κ1) is 19.0. The minimum Gasteiger partial charge on any atom is -0.504 e. The summed E-state index contributed by atoms with van der Waals surface area (Å²) in [6.45, 7) is 0.874. The number of hydrogen-bond acceptors (Lipinski definition) is 4. The molecule has 0 unspecified atom stereocenters. The molecule has 132 valence electrons. The standard InChI is InChI=1S/C18H17Cl2NO4/c19-14-5-4-13(11-15(14)20)25-9-1-8-21-18(24)7-3-12-2-6-16(22)17(23)10-12/h2-7,10-11,22-23H,1,8-9H2,(H,21,24)/b7-3+. The summed E-state index contributed by atoms with van der Waals surface area (Å²) in [6.07, 6.45) is 3.52. The Morgan fingerprint density at radius 3 is 2.60 bits per heavy atom. The van der Waals surface area contributed by atoms with Crippen LogP contribution in [0.15, 0.2) is 42.5 Å². The fraction of sp³-hybridized carbons (Fsp3) is 0.167. The summed E-state index contributed by atoms with van der Waals surface area (Å²) >= 11 is 11.7. The van der Waals surface area contributed by atoms with E-state index in [1.54, 1.807) is 30.3 Å². The predicted molar refractivity (Wildman–Crippen MR) is 98.4 cm³/mol. The molecule has 0 heterocycles. The largest absolute Gasteiger partial charge is 0.504 e. The highest BCUT2D eigenvalue weighted by atomic mass is 35.5. The number of hydrogen-bond donors (Lipinski definition) is 3. The smallest absolute Gasteiger partial charge is 0.244 e. The SMILES string of the molecule is O=C(/C=C/c1ccc(O)c(O)c1)NCCCOc1ccc(Cl)c(Cl)c1. The van der Waals surface area contributed by atoms with Gasteiger partial charge in [-0.3, -0.25) is 4.79 Å². The summed E-state index contributed by atoms with van der Waals surface area (Å²) < 4.78 is 5.51. The van der Waals surface area contributed by atoms with Crippen molar-refractivity contribution >= 4 is 35.2 Å². The minimum atomic E-state index is -0.262. The molecule has 0 aliphatic rings. The first-order valence-electron chi connectivity index (χ1n) is 7.51. The molecule has 0 bridgehead atoms. The van der Waals surface area contributed by atoms with Crippen molar-refractivity contribution in [2.24, 2.45) is 0 Å². The van der Waals surface area contributed by atoms with Gasteiger partial charge in [0.2, 0.25) is 5.91 Å². The van der Waals surface area contributed by atoms with Crippen LogP contribution in [0.2, 0.25) is 10.0 Å². The Morgan fingerprint density at radius 1 is 1.08 bits per heavy atom. The van der Waals surface area contributed by atoms with Crippen LogP contribution in [-0.4, -0.2) is 29.3 Å². The molecule has 0 saturated carbocycles. The van der Waals surface area contributed by atoms with E-state index in [0.717, 1.165) is 0 Å². The molecule has 0 aliphatic heterocycles. The Morgan fingerprint density at radius 2 is 1.88 bits per heavy atom. The number of phenolic OH excluding ortho intramolecular Hbond substituents is 2. The minimum absolute atomic E-state index is 0.205. The number of phenols is 2. The molecule has 7 heteroatoms. The zero-order valence-electron chi connectivity index (χ0n) is 13.2. The van der Waals surface area contributed by atoms with Crippen LogP contribution in [0.1, 0.15) is 12.0 Å². The Balaban J connectivity index is 1.68. The molecule has 0 atom stereocenters. The molecule has 0 radical (unpaired) electrons. The molecule has 0 aliphatic carbocycles.